The molecule has 1 heterocycles. The number of rotatable bonds is 2. The van der Waals surface area contributed by atoms with Crippen molar-refractivity contribution >= 4 is 15.9 Å². The highest BCUT2D eigenvalue weighted by atomic mass is 79.9. The van der Waals surface area contributed by atoms with Gasteiger partial charge in [-0.05, 0) is 22.0 Å². The van der Waals surface area contributed by atoms with E-state index in [1.54, 1.807) is 0 Å². The summed E-state index contributed by atoms with van der Waals surface area (Å²) >= 11 is 2.76. The number of alkyl halides is 6. The van der Waals surface area contributed by atoms with Gasteiger partial charge in [0.25, 0.3) is 6.10 Å². The SMILES string of the molecule is FC(F)(F)C(Oc1cnccc1Br)C(F)(F)F. The van der Waals surface area contributed by atoms with Gasteiger partial charge in [-0.15, -0.1) is 0 Å². The van der Waals surface area contributed by atoms with E-state index < -0.39 is 24.2 Å². The second-order valence-corrected chi connectivity index (χ2v) is 3.74. The van der Waals surface area contributed by atoms with Crippen LogP contribution in [0.5, 0.6) is 5.75 Å². The number of aromatic nitrogens is 1. The van der Waals surface area contributed by atoms with Crippen molar-refractivity contribution in [3.63, 3.8) is 0 Å². The highest BCUT2D eigenvalue weighted by Crippen LogP contribution is 2.37. The molecular weight excluding hydrogens is 320 g/mol. The summed E-state index contributed by atoms with van der Waals surface area (Å²) in [6, 6.07) is 1.17. The first-order chi connectivity index (χ1) is 7.62. The lowest BCUT2D eigenvalue weighted by Crippen LogP contribution is -2.46. The van der Waals surface area contributed by atoms with E-state index in [9.17, 15) is 26.3 Å². The van der Waals surface area contributed by atoms with Crippen LogP contribution in [0.4, 0.5) is 26.3 Å². The molecule has 0 aliphatic heterocycles. The molecule has 0 aliphatic rings. The standard InChI is InChI=1S/C8H4BrF6NO/c9-4-1-2-16-3-5(4)17-6(7(10,11)12)8(13,14)15/h1-3,6H. The lowest BCUT2D eigenvalue weighted by atomic mass is 10.3. The third-order valence-electron chi connectivity index (χ3n) is 1.57. The average Bonchev–Trinajstić information content (AvgIpc) is 2.12. The number of pyridine rings is 1. The van der Waals surface area contributed by atoms with Crippen molar-refractivity contribution in [2.75, 3.05) is 0 Å². The van der Waals surface area contributed by atoms with Crippen LogP contribution < -0.4 is 4.74 Å². The van der Waals surface area contributed by atoms with Crippen molar-refractivity contribution in [2.24, 2.45) is 0 Å². The van der Waals surface area contributed by atoms with Crippen molar-refractivity contribution in [3.05, 3.63) is 22.9 Å². The summed E-state index contributed by atoms with van der Waals surface area (Å²) in [6.07, 6.45) is -13.0. The van der Waals surface area contributed by atoms with Crippen molar-refractivity contribution in [2.45, 2.75) is 18.5 Å². The van der Waals surface area contributed by atoms with E-state index in [1.165, 1.54) is 12.3 Å². The van der Waals surface area contributed by atoms with Crippen LogP contribution in [0, 0.1) is 0 Å². The van der Waals surface area contributed by atoms with Crippen molar-refractivity contribution in [1.29, 1.82) is 0 Å². The highest BCUT2D eigenvalue weighted by Gasteiger charge is 2.59. The van der Waals surface area contributed by atoms with Crippen LogP contribution in [0.3, 0.4) is 0 Å². The Balaban J connectivity index is 3.00. The number of hydrogen-bond acceptors (Lipinski definition) is 2. The molecule has 1 rings (SSSR count). The van der Waals surface area contributed by atoms with E-state index in [0.717, 1.165) is 6.20 Å². The largest absolute Gasteiger partial charge is 0.468 e. The smallest absolute Gasteiger partial charge is 0.434 e. The molecule has 0 N–H and O–H groups in total. The molecular formula is C8H4BrF6NO. The summed E-state index contributed by atoms with van der Waals surface area (Å²) in [5, 5.41) is 0. The third-order valence-corrected chi connectivity index (χ3v) is 2.23. The molecule has 96 valence electrons. The second-order valence-electron chi connectivity index (χ2n) is 2.89. The number of nitrogens with zero attached hydrogens (tertiary/aromatic N) is 1. The maximum absolute atomic E-state index is 12.2. The van der Waals surface area contributed by atoms with Gasteiger partial charge in [-0.2, -0.15) is 26.3 Å². The van der Waals surface area contributed by atoms with Crippen LogP contribution in [-0.2, 0) is 0 Å². The molecule has 1 aromatic heterocycles. The van der Waals surface area contributed by atoms with Crippen molar-refractivity contribution in [3.8, 4) is 5.75 Å². The minimum Gasteiger partial charge on any atom is -0.468 e. The zero-order valence-electron chi connectivity index (χ0n) is 7.81. The predicted octanol–water partition coefficient (Wildman–Crippen LogP) is 3.72. The van der Waals surface area contributed by atoms with Gasteiger partial charge in [0, 0.05) is 6.20 Å². The van der Waals surface area contributed by atoms with Crippen molar-refractivity contribution < 1.29 is 31.1 Å². The van der Waals surface area contributed by atoms with Crippen LogP contribution in [-0.4, -0.2) is 23.4 Å². The Hall–Kier alpha value is -0.990. The lowest BCUT2D eigenvalue weighted by Gasteiger charge is -2.24. The Bertz CT molecular complexity index is 376. The van der Waals surface area contributed by atoms with Gasteiger partial charge in [0.15, 0.2) is 5.75 Å². The first-order valence-corrected chi connectivity index (χ1v) is 4.81. The first kappa shape index (κ1) is 14.1. The van der Waals surface area contributed by atoms with E-state index in [-0.39, 0.29) is 4.47 Å². The van der Waals surface area contributed by atoms with Gasteiger partial charge in [0.05, 0.1) is 10.7 Å². The molecule has 0 amide bonds. The highest BCUT2D eigenvalue weighted by molar-refractivity contribution is 9.10. The molecule has 2 nitrogen and oxygen atoms in total. The van der Waals surface area contributed by atoms with Crippen LogP contribution >= 0.6 is 15.9 Å². The average molecular weight is 324 g/mol. The topological polar surface area (TPSA) is 22.1 Å². The molecule has 0 bridgehead atoms. The van der Waals surface area contributed by atoms with Gasteiger partial charge in [-0.3, -0.25) is 4.98 Å². The van der Waals surface area contributed by atoms with Gasteiger partial charge in [0.1, 0.15) is 0 Å². The summed E-state index contributed by atoms with van der Waals surface area (Å²) < 4.78 is 76.8. The molecule has 0 spiro atoms. The van der Waals surface area contributed by atoms with Gasteiger partial charge in [0.2, 0.25) is 0 Å². The molecule has 0 atom stereocenters. The zero-order chi connectivity index (χ0) is 13.3. The Labute approximate surface area is 99.7 Å². The quantitative estimate of drug-likeness (QED) is 0.774. The zero-order valence-corrected chi connectivity index (χ0v) is 9.40. The van der Waals surface area contributed by atoms with Crippen LogP contribution in [0.1, 0.15) is 0 Å². The fourth-order valence-electron chi connectivity index (χ4n) is 0.896. The van der Waals surface area contributed by atoms with E-state index in [0.29, 0.717) is 0 Å². The molecule has 17 heavy (non-hydrogen) atoms. The fraction of sp³-hybridized carbons (Fsp3) is 0.375. The van der Waals surface area contributed by atoms with E-state index in [4.69, 9.17) is 0 Å². The van der Waals surface area contributed by atoms with Crippen LogP contribution in [0.25, 0.3) is 0 Å². The second kappa shape index (κ2) is 4.71. The first-order valence-electron chi connectivity index (χ1n) is 4.02. The van der Waals surface area contributed by atoms with Crippen molar-refractivity contribution in [1.82, 2.24) is 4.98 Å². The normalized spacial score (nSPS) is 12.9. The van der Waals surface area contributed by atoms with E-state index >= 15 is 0 Å². The number of hydrogen-bond donors (Lipinski definition) is 0. The molecule has 0 aromatic carbocycles. The minimum atomic E-state index is -5.55. The van der Waals surface area contributed by atoms with E-state index in [1.807, 2.05) is 0 Å². The molecule has 0 saturated heterocycles. The summed E-state index contributed by atoms with van der Waals surface area (Å²) in [6.45, 7) is 0. The Morgan fingerprint density at radius 2 is 1.65 bits per heavy atom. The Morgan fingerprint density at radius 3 is 2.06 bits per heavy atom. The molecule has 0 fully saturated rings. The molecule has 0 radical (unpaired) electrons. The maximum Gasteiger partial charge on any atom is 0.434 e. The van der Waals surface area contributed by atoms with Gasteiger partial charge >= 0.3 is 12.4 Å². The van der Waals surface area contributed by atoms with Crippen LogP contribution in [0.15, 0.2) is 22.9 Å². The van der Waals surface area contributed by atoms with E-state index in [2.05, 4.69) is 25.7 Å². The molecule has 0 aliphatic carbocycles. The van der Waals surface area contributed by atoms with Gasteiger partial charge in [-0.25, -0.2) is 0 Å². The van der Waals surface area contributed by atoms with Gasteiger partial charge < -0.3 is 4.74 Å². The fourth-order valence-corrected chi connectivity index (χ4v) is 1.21. The maximum atomic E-state index is 12.2. The monoisotopic (exact) mass is 323 g/mol. The Morgan fingerprint density at radius 1 is 1.12 bits per heavy atom. The molecule has 0 saturated carbocycles. The molecule has 0 unspecified atom stereocenters. The van der Waals surface area contributed by atoms with Crippen LogP contribution in [0.2, 0.25) is 0 Å². The predicted molar refractivity (Wildman–Crippen MR) is 48.5 cm³/mol. The van der Waals surface area contributed by atoms with Gasteiger partial charge in [-0.1, -0.05) is 0 Å². The molecule has 1 aromatic rings. The number of halogens is 7. The minimum absolute atomic E-state index is 0.0500. The summed E-state index contributed by atoms with van der Waals surface area (Å²) in [4.78, 5) is 3.37. The lowest BCUT2D eigenvalue weighted by molar-refractivity contribution is -0.300. The summed E-state index contributed by atoms with van der Waals surface area (Å²) in [5.74, 6) is -0.632. The summed E-state index contributed by atoms with van der Waals surface area (Å²) in [5.41, 5.74) is 0. The molecule has 9 heteroatoms. The number of ether oxygens (including phenoxy) is 1. The summed E-state index contributed by atoms with van der Waals surface area (Å²) in [7, 11) is 0. The Kier molecular flexibility index (Phi) is 3.90. The third kappa shape index (κ3) is 3.76.